The van der Waals surface area contributed by atoms with Gasteiger partial charge in [0.2, 0.25) is 0 Å². The van der Waals surface area contributed by atoms with Crippen molar-refractivity contribution in [1.82, 2.24) is 29.7 Å². The van der Waals surface area contributed by atoms with Gasteiger partial charge in [0.15, 0.2) is 5.82 Å². The molecule has 4 aromatic heterocycles. The number of pyridine rings is 2. The van der Waals surface area contributed by atoms with Crippen molar-refractivity contribution in [3.05, 3.63) is 77.3 Å². The summed E-state index contributed by atoms with van der Waals surface area (Å²) in [5.41, 5.74) is 12.1. The minimum absolute atomic E-state index is 0.362. The van der Waals surface area contributed by atoms with Crippen molar-refractivity contribution in [1.29, 1.82) is 0 Å². The number of benzene rings is 1. The SMILES string of the molecule is CCc1ccc(CSc2nc(-c3cc(Cl)c4ncccc4c3)c(-c3ccn(C)n3)nc2N)cn1. The van der Waals surface area contributed by atoms with Crippen molar-refractivity contribution in [2.24, 2.45) is 7.05 Å². The van der Waals surface area contributed by atoms with Crippen LogP contribution in [0.5, 0.6) is 0 Å². The largest absolute Gasteiger partial charge is 0.381 e. The van der Waals surface area contributed by atoms with Crippen LogP contribution in [0.25, 0.3) is 33.5 Å². The van der Waals surface area contributed by atoms with Crippen LogP contribution in [0.15, 0.2) is 66.1 Å². The van der Waals surface area contributed by atoms with E-state index in [0.29, 0.717) is 38.7 Å². The van der Waals surface area contributed by atoms with Crippen LogP contribution in [0.1, 0.15) is 18.2 Å². The van der Waals surface area contributed by atoms with E-state index in [1.165, 1.54) is 11.8 Å². The first-order chi connectivity index (χ1) is 16.5. The van der Waals surface area contributed by atoms with Crippen LogP contribution in [0.2, 0.25) is 5.02 Å². The first-order valence-corrected chi connectivity index (χ1v) is 12.2. The first-order valence-electron chi connectivity index (χ1n) is 10.8. The highest BCUT2D eigenvalue weighted by Gasteiger charge is 2.19. The van der Waals surface area contributed by atoms with Gasteiger partial charge in [-0.05, 0) is 42.3 Å². The number of nitrogens with two attached hydrogens (primary N) is 1. The summed E-state index contributed by atoms with van der Waals surface area (Å²) in [6.45, 7) is 2.09. The maximum absolute atomic E-state index is 6.58. The number of rotatable bonds is 6. The molecule has 2 N–H and O–H groups in total. The summed E-state index contributed by atoms with van der Waals surface area (Å²) < 4.78 is 1.73. The van der Waals surface area contributed by atoms with Gasteiger partial charge in [-0.1, -0.05) is 42.4 Å². The van der Waals surface area contributed by atoms with E-state index < -0.39 is 0 Å². The smallest absolute Gasteiger partial charge is 0.156 e. The molecule has 9 heteroatoms. The van der Waals surface area contributed by atoms with Gasteiger partial charge in [0, 0.05) is 48.0 Å². The summed E-state index contributed by atoms with van der Waals surface area (Å²) in [7, 11) is 1.86. The Kier molecular flexibility index (Phi) is 6.17. The lowest BCUT2D eigenvalue weighted by molar-refractivity contribution is 0.769. The molecule has 0 fully saturated rings. The lowest BCUT2D eigenvalue weighted by Crippen LogP contribution is -2.03. The Morgan fingerprint density at radius 1 is 1.06 bits per heavy atom. The Labute approximate surface area is 206 Å². The third-order valence-corrected chi connectivity index (χ3v) is 6.74. The third-order valence-electron chi connectivity index (χ3n) is 5.40. The number of hydrogen-bond donors (Lipinski definition) is 1. The first kappa shape index (κ1) is 22.3. The standard InChI is InChI=1S/C25H22ClN7S/c1-3-18-7-6-15(13-29-18)14-34-25-24(27)30-23(20-8-10-33(2)32-20)22(31-25)17-11-16-5-4-9-28-21(16)19(26)12-17/h4-13H,3,14H2,1-2H3,(H2,27,30). The molecule has 0 radical (unpaired) electrons. The van der Waals surface area contributed by atoms with Crippen molar-refractivity contribution in [3.8, 4) is 22.6 Å². The molecule has 0 unspecified atom stereocenters. The van der Waals surface area contributed by atoms with Gasteiger partial charge in [0.25, 0.3) is 0 Å². The molecule has 0 atom stereocenters. The summed E-state index contributed by atoms with van der Waals surface area (Å²) >= 11 is 8.11. The van der Waals surface area contributed by atoms with Crippen LogP contribution < -0.4 is 5.73 Å². The fourth-order valence-corrected chi connectivity index (χ4v) is 4.75. The van der Waals surface area contributed by atoms with E-state index in [-0.39, 0.29) is 0 Å². The Balaban J connectivity index is 1.59. The number of fused-ring (bicyclic) bond motifs is 1. The highest BCUT2D eigenvalue weighted by Crippen LogP contribution is 2.36. The molecule has 0 saturated carbocycles. The maximum Gasteiger partial charge on any atom is 0.156 e. The van der Waals surface area contributed by atoms with E-state index in [1.54, 1.807) is 10.9 Å². The van der Waals surface area contributed by atoms with Crippen LogP contribution in [0, 0.1) is 0 Å². The molecule has 4 heterocycles. The lowest BCUT2D eigenvalue weighted by atomic mass is 10.0. The van der Waals surface area contributed by atoms with Gasteiger partial charge in [0.1, 0.15) is 16.4 Å². The van der Waals surface area contributed by atoms with Crippen LogP contribution >= 0.6 is 23.4 Å². The monoisotopic (exact) mass is 487 g/mol. The van der Waals surface area contributed by atoms with E-state index >= 15 is 0 Å². The number of nitrogen functional groups attached to an aromatic ring is 1. The highest BCUT2D eigenvalue weighted by atomic mass is 35.5. The molecule has 0 aliphatic rings. The summed E-state index contributed by atoms with van der Waals surface area (Å²) in [4.78, 5) is 18.6. The second-order valence-electron chi connectivity index (χ2n) is 7.82. The van der Waals surface area contributed by atoms with Crippen molar-refractivity contribution < 1.29 is 0 Å². The number of nitrogens with zero attached hydrogens (tertiary/aromatic N) is 6. The number of halogens is 1. The summed E-state index contributed by atoms with van der Waals surface area (Å²) in [5.74, 6) is 1.04. The zero-order valence-electron chi connectivity index (χ0n) is 18.7. The molecule has 0 saturated heterocycles. The molecule has 7 nitrogen and oxygen atoms in total. The Morgan fingerprint density at radius 3 is 2.68 bits per heavy atom. The molecule has 34 heavy (non-hydrogen) atoms. The summed E-state index contributed by atoms with van der Waals surface area (Å²) in [6, 6.07) is 13.8. The molecular weight excluding hydrogens is 466 g/mol. The second-order valence-corrected chi connectivity index (χ2v) is 9.19. The van der Waals surface area contributed by atoms with Gasteiger partial charge >= 0.3 is 0 Å². The number of aryl methyl sites for hydroxylation is 2. The number of aromatic nitrogens is 6. The maximum atomic E-state index is 6.58. The van der Waals surface area contributed by atoms with Crippen LogP contribution in [-0.2, 0) is 19.2 Å². The quantitative estimate of drug-likeness (QED) is 0.312. The zero-order valence-corrected chi connectivity index (χ0v) is 20.3. The molecular formula is C25H22ClN7S. The molecule has 0 aliphatic heterocycles. The minimum Gasteiger partial charge on any atom is -0.381 e. The third kappa shape index (κ3) is 4.47. The number of thioether (sulfide) groups is 1. The topological polar surface area (TPSA) is 95.4 Å². The van der Waals surface area contributed by atoms with Crippen molar-refractivity contribution >= 4 is 40.1 Å². The molecule has 0 amide bonds. The minimum atomic E-state index is 0.362. The van der Waals surface area contributed by atoms with E-state index in [4.69, 9.17) is 27.3 Å². The lowest BCUT2D eigenvalue weighted by Gasteiger charge is -2.13. The van der Waals surface area contributed by atoms with E-state index in [9.17, 15) is 0 Å². The molecule has 5 rings (SSSR count). The second kappa shape index (κ2) is 9.40. The number of hydrogen-bond acceptors (Lipinski definition) is 7. The van der Waals surface area contributed by atoms with Crippen LogP contribution in [0.3, 0.4) is 0 Å². The van der Waals surface area contributed by atoms with Gasteiger partial charge < -0.3 is 5.73 Å². The number of anilines is 1. The molecule has 0 bridgehead atoms. The average molecular weight is 488 g/mol. The van der Waals surface area contributed by atoms with Gasteiger partial charge in [-0.2, -0.15) is 5.10 Å². The van der Waals surface area contributed by atoms with Gasteiger partial charge in [-0.15, -0.1) is 0 Å². The van der Waals surface area contributed by atoms with Crippen molar-refractivity contribution in [2.75, 3.05) is 5.73 Å². The van der Waals surface area contributed by atoms with E-state index in [2.05, 4.69) is 28.1 Å². The Hall–Kier alpha value is -3.49. The summed E-state index contributed by atoms with van der Waals surface area (Å²) in [5, 5.41) is 6.65. The predicted molar refractivity (Wildman–Crippen MR) is 138 cm³/mol. The van der Waals surface area contributed by atoms with Crippen molar-refractivity contribution in [2.45, 2.75) is 24.1 Å². The van der Waals surface area contributed by atoms with Crippen molar-refractivity contribution in [3.63, 3.8) is 0 Å². The molecule has 5 aromatic rings. The van der Waals surface area contributed by atoms with E-state index in [0.717, 1.165) is 34.1 Å². The normalized spacial score (nSPS) is 11.3. The molecule has 0 spiro atoms. The molecule has 0 aliphatic carbocycles. The fourth-order valence-electron chi connectivity index (χ4n) is 3.65. The molecule has 1 aromatic carbocycles. The molecule has 170 valence electrons. The zero-order chi connectivity index (χ0) is 23.7. The van der Waals surface area contributed by atoms with Gasteiger partial charge in [-0.3, -0.25) is 14.6 Å². The Morgan fingerprint density at radius 2 is 1.94 bits per heavy atom. The fraction of sp³-hybridized carbons (Fsp3) is 0.160. The van der Waals surface area contributed by atoms with Crippen LogP contribution in [0.4, 0.5) is 5.82 Å². The predicted octanol–water partition coefficient (Wildman–Crippen LogP) is 5.58. The van der Waals surface area contributed by atoms with Gasteiger partial charge in [-0.25, -0.2) is 9.97 Å². The van der Waals surface area contributed by atoms with Gasteiger partial charge in [0.05, 0.1) is 16.2 Å². The average Bonchev–Trinajstić information content (AvgIpc) is 3.29. The summed E-state index contributed by atoms with van der Waals surface area (Å²) in [6.07, 6.45) is 6.40. The Bertz CT molecular complexity index is 1480. The van der Waals surface area contributed by atoms with Crippen LogP contribution in [-0.4, -0.2) is 29.7 Å². The van der Waals surface area contributed by atoms with E-state index in [1.807, 2.05) is 55.8 Å². The highest BCUT2D eigenvalue weighted by molar-refractivity contribution is 7.98.